The van der Waals surface area contributed by atoms with E-state index in [1.807, 2.05) is 31.2 Å². The second-order valence-corrected chi connectivity index (χ2v) is 6.40. The van der Waals surface area contributed by atoms with Gasteiger partial charge in [0.1, 0.15) is 5.75 Å². The van der Waals surface area contributed by atoms with Gasteiger partial charge in [-0.1, -0.05) is 18.2 Å². The Hall–Kier alpha value is -2.96. The smallest absolute Gasteiger partial charge is 0.291 e. The number of ether oxygens (including phenoxy) is 1. The third-order valence-corrected chi connectivity index (χ3v) is 4.75. The van der Waals surface area contributed by atoms with Crippen molar-refractivity contribution < 1.29 is 9.53 Å². The number of aromatic nitrogens is 4. The number of carbonyl (C=O) groups is 1. The highest BCUT2D eigenvalue weighted by molar-refractivity contribution is 5.90. The Morgan fingerprint density at radius 1 is 1.32 bits per heavy atom. The van der Waals surface area contributed by atoms with E-state index in [1.54, 1.807) is 17.8 Å². The summed E-state index contributed by atoms with van der Waals surface area (Å²) in [6, 6.07) is 9.79. The van der Waals surface area contributed by atoms with Gasteiger partial charge in [0.25, 0.3) is 11.7 Å². The molecule has 1 aromatic carbocycles. The lowest BCUT2D eigenvalue weighted by Crippen LogP contribution is -2.33. The number of benzene rings is 1. The van der Waals surface area contributed by atoms with Crippen molar-refractivity contribution in [3.05, 3.63) is 53.6 Å². The molecular formula is C18H19N5O2. The lowest BCUT2D eigenvalue weighted by molar-refractivity contribution is 0.0939. The number of fused-ring (bicyclic) bond motifs is 1. The van der Waals surface area contributed by atoms with E-state index in [1.165, 1.54) is 0 Å². The average molecular weight is 337 g/mol. The van der Waals surface area contributed by atoms with Crippen LogP contribution in [-0.2, 0) is 5.41 Å². The van der Waals surface area contributed by atoms with Crippen molar-refractivity contribution in [2.75, 3.05) is 13.7 Å². The summed E-state index contributed by atoms with van der Waals surface area (Å²) in [6.07, 6.45) is 3.70. The molecule has 7 heteroatoms. The monoisotopic (exact) mass is 337 g/mol. The van der Waals surface area contributed by atoms with Crippen molar-refractivity contribution in [3.63, 3.8) is 0 Å². The lowest BCUT2D eigenvalue weighted by Gasteiger charge is -2.19. The SMILES string of the molecule is COc1ccccc1C1(CNC(=O)c2nc3nccc(C)n3n2)CC1. The molecule has 0 unspecified atom stereocenters. The third-order valence-electron chi connectivity index (χ3n) is 4.75. The lowest BCUT2D eigenvalue weighted by atomic mass is 9.95. The fourth-order valence-corrected chi connectivity index (χ4v) is 3.11. The van der Waals surface area contributed by atoms with Gasteiger partial charge in [-0.25, -0.2) is 9.50 Å². The van der Waals surface area contributed by atoms with E-state index in [2.05, 4.69) is 26.4 Å². The number of para-hydroxylation sites is 1. The minimum Gasteiger partial charge on any atom is -0.496 e. The fraction of sp³-hybridized carbons (Fsp3) is 0.333. The van der Waals surface area contributed by atoms with Crippen LogP contribution in [0.2, 0.25) is 0 Å². The Morgan fingerprint density at radius 3 is 2.84 bits per heavy atom. The summed E-state index contributed by atoms with van der Waals surface area (Å²) >= 11 is 0. The second-order valence-electron chi connectivity index (χ2n) is 6.40. The molecule has 2 aromatic heterocycles. The molecule has 0 atom stereocenters. The van der Waals surface area contributed by atoms with Crippen LogP contribution in [0, 0.1) is 6.92 Å². The summed E-state index contributed by atoms with van der Waals surface area (Å²) < 4.78 is 7.04. The van der Waals surface area contributed by atoms with Gasteiger partial charge in [0.2, 0.25) is 5.82 Å². The van der Waals surface area contributed by atoms with E-state index in [0.717, 1.165) is 29.8 Å². The molecule has 1 saturated carbocycles. The first kappa shape index (κ1) is 15.6. The molecule has 0 saturated heterocycles. The van der Waals surface area contributed by atoms with Gasteiger partial charge in [-0.3, -0.25) is 4.79 Å². The van der Waals surface area contributed by atoms with Crippen LogP contribution in [0.3, 0.4) is 0 Å². The van der Waals surface area contributed by atoms with Crippen LogP contribution in [0.4, 0.5) is 0 Å². The first-order valence-electron chi connectivity index (χ1n) is 8.23. The van der Waals surface area contributed by atoms with Crippen LogP contribution in [0.25, 0.3) is 5.78 Å². The number of carbonyl (C=O) groups excluding carboxylic acids is 1. The van der Waals surface area contributed by atoms with Crippen molar-refractivity contribution in [3.8, 4) is 5.75 Å². The first-order valence-corrected chi connectivity index (χ1v) is 8.23. The van der Waals surface area contributed by atoms with Gasteiger partial charge < -0.3 is 10.1 Å². The van der Waals surface area contributed by atoms with E-state index in [4.69, 9.17) is 4.74 Å². The zero-order valence-corrected chi connectivity index (χ0v) is 14.2. The molecule has 128 valence electrons. The van der Waals surface area contributed by atoms with Crippen molar-refractivity contribution in [2.45, 2.75) is 25.2 Å². The van der Waals surface area contributed by atoms with Crippen LogP contribution in [0.15, 0.2) is 36.5 Å². The molecule has 0 radical (unpaired) electrons. The average Bonchev–Trinajstić information content (AvgIpc) is 3.30. The van der Waals surface area contributed by atoms with Gasteiger partial charge >= 0.3 is 0 Å². The van der Waals surface area contributed by atoms with Crippen LogP contribution < -0.4 is 10.1 Å². The molecule has 0 bridgehead atoms. The summed E-state index contributed by atoms with van der Waals surface area (Å²) in [5.74, 6) is 1.14. The molecular weight excluding hydrogens is 318 g/mol. The van der Waals surface area contributed by atoms with E-state index < -0.39 is 0 Å². The number of aryl methyl sites for hydroxylation is 1. The van der Waals surface area contributed by atoms with E-state index in [9.17, 15) is 4.79 Å². The summed E-state index contributed by atoms with van der Waals surface area (Å²) in [5, 5.41) is 7.22. The molecule has 1 aliphatic rings. The van der Waals surface area contributed by atoms with Crippen molar-refractivity contribution in [2.24, 2.45) is 0 Å². The van der Waals surface area contributed by atoms with E-state index in [0.29, 0.717) is 12.3 Å². The van der Waals surface area contributed by atoms with E-state index in [-0.39, 0.29) is 17.1 Å². The molecule has 0 aliphatic heterocycles. The Labute approximate surface area is 145 Å². The maximum atomic E-state index is 12.5. The van der Waals surface area contributed by atoms with Crippen LogP contribution in [0.5, 0.6) is 5.75 Å². The number of hydrogen-bond donors (Lipinski definition) is 1. The third kappa shape index (κ3) is 2.71. The number of nitrogens with one attached hydrogen (secondary N) is 1. The Kier molecular flexibility index (Phi) is 3.63. The highest BCUT2D eigenvalue weighted by Crippen LogP contribution is 2.50. The minimum atomic E-state index is -0.286. The number of methoxy groups -OCH3 is 1. The van der Waals surface area contributed by atoms with Crippen LogP contribution in [-0.4, -0.2) is 39.1 Å². The number of nitrogens with zero attached hydrogens (tertiary/aromatic N) is 4. The predicted octanol–water partition coefficient (Wildman–Crippen LogP) is 1.90. The zero-order valence-electron chi connectivity index (χ0n) is 14.2. The standard InChI is InChI=1S/C18H19N5O2/c1-12-7-10-19-17-21-15(22-23(12)17)16(24)20-11-18(8-9-18)13-5-3-4-6-14(13)25-2/h3-7,10H,8-9,11H2,1-2H3,(H,20,24). The summed E-state index contributed by atoms with van der Waals surface area (Å²) in [5.41, 5.74) is 1.96. The van der Waals surface area contributed by atoms with Crippen molar-refractivity contribution >= 4 is 11.7 Å². The molecule has 1 fully saturated rings. The highest BCUT2D eigenvalue weighted by atomic mass is 16.5. The normalized spacial score (nSPS) is 15.1. The van der Waals surface area contributed by atoms with Gasteiger partial charge in [0, 0.05) is 29.4 Å². The molecule has 1 aliphatic carbocycles. The predicted molar refractivity (Wildman–Crippen MR) is 91.8 cm³/mol. The van der Waals surface area contributed by atoms with Gasteiger partial charge in [-0.15, -0.1) is 5.10 Å². The number of hydrogen-bond acceptors (Lipinski definition) is 5. The highest BCUT2D eigenvalue weighted by Gasteiger charge is 2.46. The van der Waals surface area contributed by atoms with Gasteiger partial charge in [-0.2, -0.15) is 4.98 Å². The Morgan fingerprint density at radius 2 is 2.12 bits per heavy atom. The maximum absolute atomic E-state index is 12.5. The van der Waals surface area contributed by atoms with Crippen LogP contribution >= 0.6 is 0 Å². The molecule has 4 rings (SSSR count). The van der Waals surface area contributed by atoms with Gasteiger partial charge in [0.05, 0.1) is 7.11 Å². The van der Waals surface area contributed by atoms with Gasteiger partial charge in [-0.05, 0) is 31.9 Å². The molecule has 0 spiro atoms. The maximum Gasteiger partial charge on any atom is 0.291 e. The topological polar surface area (TPSA) is 81.4 Å². The van der Waals surface area contributed by atoms with E-state index >= 15 is 0 Å². The molecule has 1 N–H and O–H groups in total. The minimum absolute atomic E-state index is 0.0599. The molecule has 25 heavy (non-hydrogen) atoms. The quantitative estimate of drug-likeness (QED) is 0.769. The Bertz CT molecular complexity index is 946. The molecule has 7 nitrogen and oxygen atoms in total. The summed E-state index contributed by atoms with van der Waals surface area (Å²) in [7, 11) is 1.67. The largest absolute Gasteiger partial charge is 0.496 e. The number of amides is 1. The summed E-state index contributed by atoms with van der Waals surface area (Å²) in [4.78, 5) is 20.8. The van der Waals surface area contributed by atoms with Crippen LogP contribution in [0.1, 0.15) is 34.7 Å². The first-order chi connectivity index (χ1) is 12.1. The molecule has 2 heterocycles. The molecule has 1 amide bonds. The second kappa shape index (κ2) is 5.84. The zero-order chi connectivity index (χ0) is 17.4. The van der Waals surface area contributed by atoms with Crippen molar-refractivity contribution in [1.29, 1.82) is 0 Å². The molecule has 3 aromatic rings. The fourth-order valence-electron chi connectivity index (χ4n) is 3.11. The van der Waals surface area contributed by atoms with Gasteiger partial charge in [0.15, 0.2) is 0 Å². The number of rotatable bonds is 5. The summed E-state index contributed by atoms with van der Waals surface area (Å²) in [6.45, 7) is 2.43. The van der Waals surface area contributed by atoms with Crippen molar-refractivity contribution in [1.82, 2.24) is 24.9 Å². The Balaban J connectivity index is 1.52.